The Morgan fingerprint density at radius 2 is 1.79 bits per heavy atom. The minimum atomic E-state index is -0.740. The van der Waals surface area contributed by atoms with Crippen LogP contribution in [0, 0.1) is 0 Å². The SMILES string of the molecule is CCOC(=O)Cn1c(O)c(N=NC(=O)CNC(=O)c2ccc(OC)c(OC)c2)c2ccccc21. The lowest BCUT2D eigenvalue weighted by atomic mass is 10.2. The molecule has 0 fully saturated rings. The topological polar surface area (TPSA) is 141 Å². The smallest absolute Gasteiger partial charge is 0.326 e. The molecule has 0 aliphatic heterocycles. The summed E-state index contributed by atoms with van der Waals surface area (Å²) in [5.41, 5.74) is 0.817. The quantitative estimate of drug-likeness (QED) is 0.363. The van der Waals surface area contributed by atoms with E-state index in [2.05, 4.69) is 15.5 Å². The molecular weight excluding hydrogens is 444 g/mol. The van der Waals surface area contributed by atoms with Crippen molar-refractivity contribution in [1.29, 1.82) is 0 Å². The molecule has 34 heavy (non-hydrogen) atoms. The molecule has 0 bridgehead atoms. The second-order valence-electron chi connectivity index (χ2n) is 6.93. The van der Waals surface area contributed by atoms with Crippen LogP contribution in [0.25, 0.3) is 10.9 Å². The molecule has 3 aromatic rings. The molecule has 0 saturated carbocycles. The van der Waals surface area contributed by atoms with E-state index in [0.717, 1.165) is 0 Å². The van der Waals surface area contributed by atoms with Crippen LogP contribution in [-0.2, 0) is 20.9 Å². The number of rotatable bonds is 9. The number of carbonyl (C=O) groups excluding carboxylic acids is 3. The first-order valence-electron chi connectivity index (χ1n) is 10.3. The van der Waals surface area contributed by atoms with Gasteiger partial charge >= 0.3 is 5.97 Å². The lowest BCUT2D eigenvalue weighted by molar-refractivity contribution is -0.143. The number of amides is 2. The van der Waals surface area contributed by atoms with Crippen molar-refractivity contribution in [3.63, 3.8) is 0 Å². The Hall–Kier alpha value is -4.41. The van der Waals surface area contributed by atoms with Crippen LogP contribution in [0.2, 0.25) is 0 Å². The summed E-state index contributed by atoms with van der Waals surface area (Å²) in [5.74, 6) is -1.29. The fraction of sp³-hybridized carbons (Fsp3) is 0.261. The molecule has 0 spiro atoms. The standard InChI is InChI=1S/C23H24N4O7/c1-4-34-20(29)13-27-16-8-6-5-7-15(16)21(23(27)31)26-25-19(28)12-24-22(30)14-9-10-17(32-2)18(11-14)33-3/h5-11,31H,4,12-13H2,1-3H3,(H,24,30). The van der Waals surface area contributed by atoms with E-state index in [-0.39, 0.29) is 30.3 Å². The summed E-state index contributed by atoms with van der Waals surface area (Å²) in [6.45, 7) is 1.24. The molecule has 1 aromatic heterocycles. The molecule has 2 N–H and O–H groups in total. The zero-order chi connectivity index (χ0) is 24.7. The molecule has 1 heterocycles. The van der Waals surface area contributed by atoms with E-state index >= 15 is 0 Å². The number of para-hydroxylation sites is 1. The minimum absolute atomic E-state index is 0.0273. The highest BCUT2D eigenvalue weighted by atomic mass is 16.5. The van der Waals surface area contributed by atoms with Crippen molar-refractivity contribution in [2.45, 2.75) is 13.5 Å². The number of methoxy groups -OCH3 is 2. The zero-order valence-electron chi connectivity index (χ0n) is 18.9. The van der Waals surface area contributed by atoms with E-state index in [4.69, 9.17) is 14.2 Å². The summed E-state index contributed by atoms with van der Waals surface area (Å²) in [5, 5.41) is 21.0. The molecule has 0 radical (unpaired) electrons. The maximum atomic E-state index is 12.4. The van der Waals surface area contributed by atoms with Crippen LogP contribution >= 0.6 is 0 Å². The van der Waals surface area contributed by atoms with Crippen LogP contribution in [0.15, 0.2) is 52.7 Å². The van der Waals surface area contributed by atoms with E-state index in [9.17, 15) is 19.5 Å². The number of nitrogens with zero attached hydrogens (tertiary/aromatic N) is 3. The normalized spacial score (nSPS) is 10.9. The minimum Gasteiger partial charge on any atom is -0.493 e. The molecule has 0 aliphatic rings. The van der Waals surface area contributed by atoms with E-state index in [1.54, 1.807) is 37.3 Å². The van der Waals surface area contributed by atoms with Gasteiger partial charge in [0.05, 0.1) is 26.3 Å². The predicted octanol–water partition coefficient (Wildman–Crippen LogP) is 2.97. The molecule has 0 atom stereocenters. The van der Waals surface area contributed by atoms with Gasteiger partial charge < -0.3 is 24.6 Å². The lowest BCUT2D eigenvalue weighted by Crippen LogP contribution is -2.28. The van der Waals surface area contributed by atoms with Crippen molar-refractivity contribution in [2.24, 2.45) is 10.2 Å². The Morgan fingerprint density at radius 3 is 2.50 bits per heavy atom. The Balaban J connectivity index is 1.72. The summed E-state index contributed by atoms with van der Waals surface area (Å²) in [4.78, 5) is 36.5. The van der Waals surface area contributed by atoms with Gasteiger partial charge in [-0.2, -0.15) is 0 Å². The van der Waals surface area contributed by atoms with Gasteiger partial charge in [0.25, 0.3) is 11.8 Å². The van der Waals surface area contributed by atoms with Gasteiger partial charge in [0.2, 0.25) is 5.88 Å². The molecule has 2 aromatic carbocycles. The molecule has 0 saturated heterocycles. The Bertz CT molecular complexity index is 1250. The Labute approximate surface area is 194 Å². The van der Waals surface area contributed by atoms with Crippen LogP contribution in [0.4, 0.5) is 5.69 Å². The van der Waals surface area contributed by atoms with Gasteiger partial charge in [-0.1, -0.05) is 18.2 Å². The average molecular weight is 468 g/mol. The molecule has 0 unspecified atom stereocenters. The van der Waals surface area contributed by atoms with Gasteiger partial charge in [0, 0.05) is 10.9 Å². The van der Waals surface area contributed by atoms with Crippen LogP contribution in [-0.4, -0.2) is 54.8 Å². The third-order valence-electron chi connectivity index (χ3n) is 4.82. The second-order valence-corrected chi connectivity index (χ2v) is 6.93. The molecule has 3 rings (SSSR count). The monoisotopic (exact) mass is 468 g/mol. The van der Waals surface area contributed by atoms with Crippen molar-refractivity contribution in [3.05, 3.63) is 48.0 Å². The lowest BCUT2D eigenvalue weighted by Gasteiger charge is -2.09. The Kier molecular flexibility index (Phi) is 7.80. The van der Waals surface area contributed by atoms with Crippen molar-refractivity contribution in [1.82, 2.24) is 9.88 Å². The van der Waals surface area contributed by atoms with Crippen LogP contribution < -0.4 is 14.8 Å². The molecule has 2 amide bonds. The molecule has 11 nitrogen and oxygen atoms in total. The maximum absolute atomic E-state index is 12.4. The number of carbonyl (C=O) groups is 3. The molecule has 178 valence electrons. The number of ether oxygens (including phenoxy) is 3. The van der Waals surface area contributed by atoms with Gasteiger partial charge in [-0.05, 0) is 31.2 Å². The van der Waals surface area contributed by atoms with Crippen molar-refractivity contribution in [2.75, 3.05) is 27.4 Å². The fourth-order valence-electron chi connectivity index (χ4n) is 3.24. The number of aromatic nitrogens is 1. The van der Waals surface area contributed by atoms with E-state index in [0.29, 0.717) is 22.4 Å². The first-order chi connectivity index (χ1) is 16.4. The van der Waals surface area contributed by atoms with Crippen LogP contribution in [0.3, 0.4) is 0 Å². The van der Waals surface area contributed by atoms with Gasteiger partial charge in [-0.15, -0.1) is 10.2 Å². The van der Waals surface area contributed by atoms with Gasteiger partial charge in [0.15, 0.2) is 17.2 Å². The number of benzene rings is 2. The number of fused-ring (bicyclic) bond motifs is 1. The number of azo groups is 1. The third kappa shape index (κ3) is 5.31. The van der Waals surface area contributed by atoms with Crippen LogP contribution in [0.1, 0.15) is 17.3 Å². The summed E-state index contributed by atoms with van der Waals surface area (Å²) in [6.07, 6.45) is 0. The number of aromatic hydroxyl groups is 1. The highest BCUT2D eigenvalue weighted by Gasteiger charge is 2.19. The summed E-state index contributed by atoms with van der Waals surface area (Å²) in [7, 11) is 2.93. The van der Waals surface area contributed by atoms with Gasteiger partial charge in [-0.3, -0.25) is 19.0 Å². The fourth-order valence-corrected chi connectivity index (χ4v) is 3.24. The summed E-state index contributed by atoms with van der Waals surface area (Å²) < 4.78 is 16.6. The third-order valence-corrected chi connectivity index (χ3v) is 4.82. The van der Waals surface area contributed by atoms with Crippen molar-refractivity contribution >= 4 is 34.4 Å². The van der Waals surface area contributed by atoms with E-state index in [1.165, 1.54) is 30.9 Å². The average Bonchev–Trinajstić information content (AvgIpc) is 3.11. The first kappa shape index (κ1) is 24.2. The van der Waals surface area contributed by atoms with Crippen molar-refractivity contribution in [3.8, 4) is 17.4 Å². The molecular formula is C23H24N4O7. The van der Waals surface area contributed by atoms with Gasteiger partial charge in [-0.25, -0.2) is 0 Å². The summed E-state index contributed by atoms with van der Waals surface area (Å²) >= 11 is 0. The van der Waals surface area contributed by atoms with Gasteiger partial charge in [0.1, 0.15) is 13.1 Å². The Morgan fingerprint density at radius 1 is 1.06 bits per heavy atom. The predicted molar refractivity (Wildman–Crippen MR) is 122 cm³/mol. The molecule has 11 heteroatoms. The van der Waals surface area contributed by atoms with Crippen molar-refractivity contribution < 1.29 is 33.7 Å². The summed E-state index contributed by atoms with van der Waals surface area (Å²) in [6, 6.07) is 11.4. The maximum Gasteiger partial charge on any atom is 0.326 e. The first-order valence-corrected chi connectivity index (χ1v) is 10.3. The van der Waals surface area contributed by atoms with E-state index in [1.807, 2.05) is 0 Å². The highest BCUT2D eigenvalue weighted by molar-refractivity contribution is 5.98. The largest absolute Gasteiger partial charge is 0.493 e. The number of esters is 1. The second kappa shape index (κ2) is 10.9. The highest BCUT2D eigenvalue weighted by Crippen LogP contribution is 2.38. The van der Waals surface area contributed by atoms with Crippen LogP contribution in [0.5, 0.6) is 17.4 Å². The number of hydrogen-bond donors (Lipinski definition) is 2. The number of hydrogen-bond acceptors (Lipinski definition) is 8. The zero-order valence-corrected chi connectivity index (χ0v) is 18.9. The van der Waals surface area contributed by atoms with E-state index < -0.39 is 24.3 Å². The number of nitrogens with one attached hydrogen (secondary N) is 1. The molecule has 0 aliphatic carbocycles.